The summed E-state index contributed by atoms with van der Waals surface area (Å²) in [5.41, 5.74) is 0.869. The summed E-state index contributed by atoms with van der Waals surface area (Å²) >= 11 is 7.27. The minimum absolute atomic E-state index is 0.0520. The van der Waals surface area contributed by atoms with Gasteiger partial charge in [-0.1, -0.05) is 35.5 Å². The van der Waals surface area contributed by atoms with Crippen LogP contribution in [0.15, 0.2) is 46.5 Å². The fraction of sp³-hybridized carbons (Fsp3) is 0.267. The normalized spacial score (nSPS) is 16.9. The molecule has 1 unspecified atom stereocenters. The van der Waals surface area contributed by atoms with Crippen molar-refractivity contribution in [2.75, 3.05) is 5.75 Å². The van der Waals surface area contributed by atoms with E-state index in [1.165, 1.54) is 24.0 Å². The highest BCUT2D eigenvalue weighted by Crippen LogP contribution is 2.24. The van der Waals surface area contributed by atoms with Crippen molar-refractivity contribution in [1.82, 2.24) is 14.9 Å². The number of halogens is 1. The number of rotatable bonds is 3. The number of benzene rings is 1. The van der Waals surface area contributed by atoms with Gasteiger partial charge in [0, 0.05) is 36.1 Å². The van der Waals surface area contributed by atoms with Crippen LogP contribution in [-0.2, 0) is 17.9 Å². The molecule has 1 N–H and O–H groups in total. The molecule has 0 bridgehead atoms. The number of nitrogens with zero attached hydrogens (tertiary/aromatic N) is 2. The molecule has 0 saturated heterocycles. The van der Waals surface area contributed by atoms with Crippen molar-refractivity contribution in [2.45, 2.75) is 18.2 Å². The largest absolute Gasteiger partial charge is 0.352 e. The third-order valence-corrected chi connectivity index (χ3v) is 4.87. The molecule has 7 heteroatoms. The van der Waals surface area contributed by atoms with E-state index in [1.807, 2.05) is 12.1 Å². The van der Waals surface area contributed by atoms with Crippen LogP contribution in [0.2, 0.25) is 5.02 Å². The summed E-state index contributed by atoms with van der Waals surface area (Å²) in [5, 5.41) is 4.25. The van der Waals surface area contributed by atoms with Crippen LogP contribution in [-0.4, -0.2) is 21.2 Å². The molecule has 0 aliphatic carbocycles. The van der Waals surface area contributed by atoms with Crippen molar-refractivity contribution in [3.63, 3.8) is 0 Å². The highest BCUT2D eigenvalue weighted by Gasteiger charge is 2.26. The number of thioether (sulfide) groups is 1. The van der Waals surface area contributed by atoms with Gasteiger partial charge in [0.05, 0.1) is 5.92 Å². The molecule has 1 amide bonds. The number of aromatic nitrogens is 2. The van der Waals surface area contributed by atoms with Gasteiger partial charge in [0.15, 0.2) is 5.16 Å². The number of carbonyl (C=O) groups is 1. The zero-order chi connectivity index (χ0) is 15.5. The summed E-state index contributed by atoms with van der Waals surface area (Å²) in [6.07, 6.45) is 1.50. The van der Waals surface area contributed by atoms with Crippen molar-refractivity contribution >= 4 is 29.3 Å². The molecule has 0 radical (unpaired) electrons. The van der Waals surface area contributed by atoms with E-state index in [0.29, 0.717) is 29.0 Å². The van der Waals surface area contributed by atoms with E-state index in [-0.39, 0.29) is 17.4 Å². The van der Waals surface area contributed by atoms with E-state index < -0.39 is 0 Å². The molecule has 0 spiro atoms. The molecule has 1 aromatic carbocycles. The minimum atomic E-state index is -0.230. The van der Waals surface area contributed by atoms with Gasteiger partial charge >= 0.3 is 0 Å². The Morgan fingerprint density at radius 1 is 1.36 bits per heavy atom. The maximum atomic E-state index is 12.3. The first-order valence-corrected chi connectivity index (χ1v) is 8.20. The van der Waals surface area contributed by atoms with Crippen LogP contribution < -0.4 is 10.9 Å². The maximum absolute atomic E-state index is 12.3. The zero-order valence-corrected chi connectivity index (χ0v) is 13.2. The van der Waals surface area contributed by atoms with Gasteiger partial charge in [-0.25, -0.2) is 4.98 Å². The average molecular weight is 336 g/mol. The lowest BCUT2D eigenvalue weighted by Gasteiger charge is -2.23. The second-order valence-corrected chi connectivity index (χ2v) is 6.45. The summed E-state index contributed by atoms with van der Waals surface area (Å²) in [4.78, 5) is 28.2. The lowest BCUT2D eigenvalue weighted by molar-refractivity contribution is -0.125. The fourth-order valence-electron chi connectivity index (χ4n) is 2.24. The number of fused-ring (bicyclic) bond motifs is 1. The van der Waals surface area contributed by atoms with E-state index in [9.17, 15) is 9.59 Å². The fourth-order valence-corrected chi connectivity index (χ4v) is 3.43. The first-order valence-electron chi connectivity index (χ1n) is 6.84. The predicted octanol–water partition coefficient (Wildman–Crippen LogP) is 1.93. The Hall–Kier alpha value is -1.79. The molecule has 3 rings (SSSR count). The van der Waals surface area contributed by atoms with Crippen molar-refractivity contribution < 1.29 is 4.79 Å². The number of hydrogen-bond acceptors (Lipinski definition) is 4. The molecular formula is C15H14ClN3O2S. The van der Waals surface area contributed by atoms with Gasteiger partial charge in [-0.15, -0.1) is 0 Å². The van der Waals surface area contributed by atoms with Gasteiger partial charge < -0.3 is 5.32 Å². The number of hydrogen-bond donors (Lipinski definition) is 1. The second kappa shape index (κ2) is 6.54. The van der Waals surface area contributed by atoms with Crippen LogP contribution in [0.25, 0.3) is 0 Å². The highest BCUT2D eigenvalue weighted by molar-refractivity contribution is 7.99. The Morgan fingerprint density at radius 3 is 2.91 bits per heavy atom. The van der Waals surface area contributed by atoms with Gasteiger partial charge in [0.1, 0.15) is 0 Å². The van der Waals surface area contributed by atoms with Gasteiger partial charge in [0.25, 0.3) is 5.56 Å². The third kappa shape index (κ3) is 3.34. The second-order valence-electron chi connectivity index (χ2n) is 5.03. The summed E-state index contributed by atoms with van der Waals surface area (Å²) in [5.74, 6) is 0.346. The lowest BCUT2D eigenvalue weighted by atomic mass is 10.1. The monoisotopic (exact) mass is 335 g/mol. The number of nitrogens with one attached hydrogen (secondary N) is 1. The Labute approximate surface area is 136 Å². The summed E-state index contributed by atoms with van der Waals surface area (Å²) < 4.78 is 1.56. The van der Waals surface area contributed by atoms with Crippen LogP contribution in [0, 0.1) is 5.92 Å². The Kier molecular flexibility index (Phi) is 4.49. The molecule has 1 atom stereocenters. The van der Waals surface area contributed by atoms with Crippen molar-refractivity contribution in [3.05, 3.63) is 57.5 Å². The van der Waals surface area contributed by atoms with Gasteiger partial charge in [0.2, 0.25) is 5.91 Å². The molecular weight excluding hydrogens is 322 g/mol. The van der Waals surface area contributed by atoms with Gasteiger partial charge in [-0.05, 0) is 17.7 Å². The Morgan fingerprint density at radius 2 is 2.14 bits per heavy atom. The van der Waals surface area contributed by atoms with Crippen molar-refractivity contribution in [3.8, 4) is 0 Å². The highest BCUT2D eigenvalue weighted by atomic mass is 35.5. The van der Waals surface area contributed by atoms with Crippen molar-refractivity contribution in [1.29, 1.82) is 0 Å². The molecule has 2 heterocycles. The van der Waals surface area contributed by atoms with Crippen molar-refractivity contribution in [2.24, 2.45) is 5.92 Å². The van der Waals surface area contributed by atoms with Crippen LogP contribution >= 0.6 is 23.4 Å². The third-order valence-electron chi connectivity index (χ3n) is 3.47. The van der Waals surface area contributed by atoms with Crippen LogP contribution in [0.5, 0.6) is 0 Å². The average Bonchev–Trinajstić information content (AvgIpc) is 2.54. The molecule has 2 aromatic rings. The minimum Gasteiger partial charge on any atom is -0.352 e. The molecule has 114 valence electrons. The first-order chi connectivity index (χ1) is 10.6. The van der Waals surface area contributed by atoms with Crippen LogP contribution in [0.3, 0.4) is 0 Å². The molecule has 0 fully saturated rings. The number of amides is 1. The first kappa shape index (κ1) is 15.1. The van der Waals surface area contributed by atoms with E-state index >= 15 is 0 Å². The molecule has 1 aliphatic heterocycles. The lowest BCUT2D eigenvalue weighted by Crippen LogP contribution is -2.39. The Balaban J connectivity index is 1.63. The van der Waals surface area contributed by atoms with Crippen LogP contribution in [0.4, 0.5) is 0 Å². The summed E-state index contributed by atoms with van der Waals surface area (Å²) in [7, 11) is 0. The van der Waals surface area contributed by atoms with E-state index in [0.717, 1.165) is 5.56 Å². The molecule has 22 heavy (non-hydrogen) atoms. The zero-order valence-electron chi connectivity index (χ0n) is 11.7. The quantitative estimate of drug-likeness (QED) is 0.871. The summed E-state index contributed by atoms with van der Waals surface area (Å²) in [6.45, 7) is 0.827. The molecule has 5 nitrogen and oxygen atoms in total. The molecule has 1 aromatic heterocycles. The van der Waals surface area contributed by atoms with Gasteiger partial charge in [-0.3, -0.25) is 14.2 Å². The van der Waals surface area contributed by atoms with Gasteiger partial charge in [-0.2, -0.15) is 0 Å². The SMILES string of the molecule is O=C(NCc1ccc(Cl)cc1)C1CSc2nccc(=O)n2C1. The summed E-state index contributed by atoms with van der Waals surface area (Å²) in [6, 6.07) is 8.75. The van der Waals surface area contributed by atoms with E-state index in [1.54, 1.807) is 16.7 Å². The number of carbonyl (C=O) groups excluding carboxylic acids is 1. The Bertz CT molecular complexity index is 745. The maximum Gasteiger partial charge on any atom is 0.254 e. The predicted molar refractivity (Wildman–Crippen MR) is 86.0 cm³/mol. The van der Waals surface area contributed by atoms with E-state index in [4.69, 9.17) is 11.6 Å². The van der Waals surface area contributed by atoms with Crippen LogP contribution in [0.1, 0.15) is 5.56 Å². The molecule has 1 aliphatic rings. The standard InChI is InChI=1S/C15H14ClN3O2S/c16-12-3-1-10(2-4-12)7-18-14(21)11-8-19-13(20)5-6-17-15(19)22-9-11/h1-6,11H,7-9H2,(H,18,21). The topological polar surface area (TPSA) is 64.0 Å². The van der Waals surface area contributed by atoms with E-state index in [2.05, 4.69) is 10.3 Å². The smallest absolute Gasteiger partial charge is 0.254 e. The molecule has 0 saturated carbocycles.